The molecule has 0 spiro atoms. The average molecular weight is 285 g/mol. The van der Waals surface area contributed by atoms with Crippen LogP contribution in [-0.4, -0.2) is 34.9 Å². The van der Waals surface area contributed by atoms with E-state index in [2.05, 4.69) is 5.16 Å². The molecule has 0 fully saturated rings. The van der Waals surface area contributed by atoms with Crippen molar-refractivity contribution >= 4 is 22.5 Å². The maximum Gasteiger partial charge on any atom is 0.254 e. The highest BCUT2D eigenvalue weighted by molar-refractivity contribution is 6.07. The number of hydrogen-bond acceptors (Lipinski definition) is 3. The number of amides is 1. The summed E-state index contributed by atoms with van der Waals surface area (Å²) in [4.78, 5) is 14.3. The fraction of sp³-hybridized carbons (Fsp3) is 0.250. The number of hydrogen-bond donors (Lipinski definition) is 2. The minimum Gasteiger partial charge on any atom is -0.409 e. The molecule has 0 heterocycles. The molecule has 1 unspecified atom stereocenters. The van der Waals surface area contributed by atoms with E-state index in [9.17, 15) is 4.79 Å². The van der Waals surface area contributed by atoms with Gasteiger partial charge in [-0.25, -0.2) is 0 Å². The minimum absolute atomic E-state index is 0.0787. The van der Waals surface area contributed by atoms with Gasteiger partial charge in [0, 0.05) is 25.1 Å². The molecular formula is C16H19N3O2. The van der Waals surface area contributed by atoms with Crippen LogP contribution in [0.2, 0.25) is 0 Å². The highest BCUT2D eigenvalue weighted by Crippen LogP contribution is 2.20. The molecule has 0 saturated heterocycles. The Morgan fingerprint density at radius 1 is 1.29 bits per heavy atom. The minimum atomic E-state index is -0.160. The van der Waals surface area contributed by atoms with E-state index < -0.39 is 0 Å². The van der Waals surface area contributed by atoms with E-state index >= 15 is 0 Å². The summed E-state index contributed by atoms with van der Waals surface area (Å²) in [5.41, 5.74) is 6.16. The third kappa shape index (κ3) is 3.13. The SMILES string of the molecule is CC(CC(N)=NO)N(C)C(=O)c1cccc2ccccc12. The molecule has 110 valence electrons. The summed E-state index contributed by atoms with van der Waals surface area (Å²) in [5.74, 6) is 0.0325. The summed E-state index contributed by atoms with van der Waals surface area (Å²) in [6.07, 6.45) is 0.323. The van der Waals surface area contributed by atoms with Crippen molar-refractivity contribution in [2.75, 3.05) is 7.05 Å². The maximum absolute atomic E-state index is 12.7. The molecule has 2 aromatic rings. The molecule has 1 atom stereocenters. The quantitative estimate of drug-likeness (QED) is 0.392. The first kappa shape index (κ1) is 14.8. The number of amidine groups is 1. The Hall–Kier alpha value is -2.56. The van der Waals surface area contributed by atoms with E-state index in [0.717, 1.165) is 10.8 Å². The Bertz CT molecular complexity index is 677. The van der Waals surface area contributed by atoms with Gasteiger partial charge in [-0.15, -0.1) is 0 Å². The molecular weight excluding hydrogens is 266 g/mol. The molecule has 0 aliphatic rings. The number of benzene rings is 2. The Labute approximate surface area is 123 Å². The smallest absolute Gasteiger partial charge is 0.254 e. The first-order chi connectivity index (χ1) is 10.0. The van der Waals surface area contributed by atoms with Crippen molar-refractivity contribution < 1.29 is 10.0 Å². The lowest BCUT2D eigenvalue weighted by atomic mass is 10.0. The van der Waals surface area contributed by atoms with Crippen molar-refractivity contribution in [3.05, 3.63) is 48.0 Å². The first-order valence-corrected chi connectivity index (χ1v) is 6.76. The van der Waals surface area contributed by atoms with Crippen LogP contribution in [0.3, 0.4) is 0 Å². The number of fused-ring (bicyclic) bond motifs is 1. The van der Waals surface area contributed by atoms with Gasteiger partial charge < -0.3 is 15.8 Å². The lowest BCUT2D eigenvalue weighted by Crippen LogP contribution is -2.37. The van der Waals surface area contributed by atoms with Crippen molar-refractivity contribution in [3.63, 3.8) is 0 Å². The van der Waals surface area contributed by atoms with Crippen LogP contribution >= 0.6 is 0 Å². The van der Waals surface area contributed by atoms with E-state index in [1.54, 1.807) is 11.9 Å². The van der Waals surface area contributed by atoms with Gasteiger partial charge in [0.2, 0.25) is 0 Å². The third-order valence-electron chi connectivity index (χ3n) is 3.63. The number of oxime groups is 1. The summed E-state index contributed by atoms with van der Waals surface area (Å²) < 4.78 is 0. The van der Waals surface area contributed by atoms with Crippen LogP contribution in [0.25, 0.3) is 10.8 Å². The van der Waals surface area contributed by atoms with E-state index in [1.165, 1.54) is 0 Å². The Morgan fingerprint density at radius 2 is 1.95 bits per heavy atom. The first-order valence-electron chi connectivity index (χ1n) is 6.76. The maximum atomic E-state index is 12.7. The van der Waals surface area contributed by atoms with Gasteiger partial charge in [-0.1, -0.05) is 41.6 Å². The highest BCUT2D eigenvalue weighted by Gasteiger charge is 2.20. The van der Waals surface area contributed by atoms with Crippen molar-refractivity contribution in [2.24, 2.45) is 10.9 Å². The van der Waals surface area contributed by atoms with Crippen molar-refractivity contribution in [2.45, 2.75) is 19.4 Å². The van der Waals surface area contributed by atoms with Crippen molar-refractivity contribution in [1.82, 2.24) is 4.90 Å². The molecule has 0 radical (unpaired) electrons. The molecule has 2 aromatic carbocycles. The molecule has 0 aliphatic carbocycles. The molecule has 3 N–H and O–H groups in total. The van der Waals surface area contributed by atoms with Gasteiger partial charge in [0.05, 0.1) is 0 Å². The zero-order valence-electron chi connectivity index (χ0n) is 12.2. The van der Waals surface area contributed by atoms with Crippen LogP contribution in [0.5, 0.6) is 0 Å². The van der Waals surface area contributed by atoms with Gasteiger partial charge in [0.15, 0.2) is 0 Å². The summed E-state index contributed by atoms with van der Waals surface area (Å²) in [6, 6.07) is 13.3. The molecule has 0 aliphatic heterocycles. The van der Waals surface area contributed by atoms with Crippen molar-refractivity contribution in [3.8, 4) is 0 Å². The largest absolute Gasteiger partial charge is 0.409 e. The Morgan fingerprint density at radius 3 is 2.67 bits per heavy atom. The molecule has 2 rings (SSSR count). The number of nitrogens with two attached hydrogens (primary N) is 1. The van der Waals surface area contributed by atoms with E-state index in [4.69, 9.17) is 10.9 Å². The zero-order valence-corrected chi connectivity index (χ0v) is 12.2. The van der Waals surface area contributed by atoms with Crippen LogP contribution in [0.1, 0.15) is 23.7 Å². The van der Waals surface area contributed by atoms with Crippen molar-refractivity contribution in [1.29, 1.82) is 0 Å². The molecule has 0 saturated carbocycles. The van der Waals surface area contributed by atoms with Gasteiger partial charge in [-0.3, -0.25) is 4.79 Å². The third-order valence-corrected chi connectivity index (χ3v) is 3.63. The van der Waals surface area contributed by atoms with Gasteiger partial charge in [-0.2, -0.15) is 0 Å². The summed E-state index contributed by atoms with van der Waals surface area (Å²) in [7, 11) is 1.72. The molecule has 5 heteroatoms. The Kier molecular flexibility index (Phi) is 4.42. The van der Waals surface area contributed by atoms with Crippen LogP contribution in [0.15, 0.2) is 47.6 Å². The molecule has 0 bridgehead atoms. The lowest BCUT2D eigenvalue weighted by Gasteiger charge is -2.25. The number of rotatable bonds is 4. The number of carbonyl (C=O) groups excluding carboxylic acids is 1. The summed E-state index contributed by atoms with van der Waals surface area (Å²) >= 11 is 0. The van der Waals surface area contributed by atoms with Crippen LogP contribution in [-0.2, 0) is 0 Å². The predicted molar refractivity (Wildman–Crippen MR) is 83.5 cm³/mol. The molecule has 1 amide bonds. The molecule has 5 nitrogen and oxygen atoms in total. The molecule has 0 aromatic heterocycles. The number of carbonyl (C=O) groups is 1. The van der Waals surface area contributed by atoms with Gasteiger partial charge >= 0.3 is 0 Å². The van der Waals surface area contributed by atoms with Crippen LogP contribution in [0, 0.1) is 0 Å². The van der Waals surface area contributed by atoms with Crippen LogP contribution in [0.4, 0.5) is 0 Å². The monoisotopic (exact) mass is 285 g/mol. The fourth-order valence-corrected chi connectivity index (χ4v) is 2.28. The second-order valence-corrected chi connectivity index (χ2v) is 5.09. The molecule has 21 heavy (non-hydrogen) atoms. The standard InChI is InChI=1S/C16H19N3O2/c1-11(10-15(17)18-21)19(2)16(20)14-9-5-7-12-6-3-4-8-13(12)14/h3-9,11,21H,10H2,1-2H3,(H2,17,18). The second kappa shape index (κ2) is 6.26. The van der Waals surface area contributed by atoms with E-state index in [0.29, 0.717) is 12.0 Å². The van der Waals surface area contributed by atoms with E-state index in [-0.39, 0.29) is 17.8 Å². The van der Waals surface area contributed by atoms with E-state index in [1.807, 2.05) is 49.4 Å². The fourth-order valence-electron chi connectivity index (χ4n) is 2.28. The zero-order chi connectivity index (χ0) is 15.4. The normalized spacial score (nSPS) is 13.1. The number of nitrogens with zero attached hydrogens (tertiary/aromatic N) is 2. The van der Waals surface area contributed by atoms with Gasteiger partial charge in [-0.05, 0) is 23.8 Å². The summed E-state index contributed by atoms with van der Waals surface area (Å²) in [6.45, 7) is 1.86. The van der Waals surface area contributed by atoms with Crippen LogP contribution < -0.4 is 5.73 Å². The predicted octanol–water partition coefficient (Wildman–Crippen LogP) is 2.44. The Balaban J connectivity index is 2.30. The average Bonchev–Trinajstić information content (AvgIpc) is 2.52. The lowest BCUT2D eigenvalue weighted by molar-refractivity contribution is 0.0749. The summed E-state index contributed by atoms with van der Waals surface area (Å²) in [5, 5.41) is 13.5. The van der Waals surface area contributed by atoms with Gasteiger partial charge in [0.1, 0.15) is 5.84 Å². The van der Waals surface area contributed by atoms with Gasteiger partial charge in [0.25, 0.3) is 5.91 Å². The topological polar surface area (TPSA) is 78.9 Å². The second-order valence-electron chi connectivity index (χ2n) is 5.09. The highest BCUT2D eigenvalue weighted by atomic mass is 16.4.